The minimum Gasteiger partial charge on any atom is -0.339 e. The second-order valence-corrected chi connectivity index (χ2v) is 6.56. The number of hydrogen-bond donors (Lipinski definition) is 1. The molecule has 4 rings (SSSR count). The maximum atomic E-state index is 4.46. The lowest BCUT2D eigenvalue weighted by molar-refractivity contribution is 1.26. The Hall–Kier alpha value is -1.72. The molecule has 0 radical (unpaired) electrons. The molecule has 1 aromatic carbocycles. The SMILES string of the molecule is Cc1nc(Br)c(-c2ccnc3[nH]c4ccccc4c23)s1. The van der Waals surface area contributed by atoms with Crippen LogP contribution in [0.25, 0.3) is 32.4 Å². The van der Waals surface area contributed by atoms with E-state index in [4.69, 9.17) is 0 Å². The van der Waals surface area contributed by atoms with Crippen molar-refractivity contribution in [2.45, 2.75) is 6.92 Å². The minimum atomic E-state index is 0.901. The van der Waals surface area contributed by atoms with E-state index >= 15 is 0 Å². The number of H-pyrrole nitrogens is 1. The van der Waals surface area contributed by atoms with Crippen molar-refractivity contribution < 1.29 is 0 Å². The lowest BCUT2D eigenvalue weighted by atomic mass is 10.1. The number of fused-ring (bicyclic) bond motifs is 3. The number of thiazole rings is 1. The van der Waals surface area contributed by atoms with Gasteiger partial charge in [-0.3, -0.25) is 0 Å². The Morgan fingerprint density at radius 1 is 1.20 bits per heavy atom. The Morgan fingerprint density at radius 2 is 2.05 bits per heavy atom. The molecule has 0 bridgehead atoms. The smallest absolute Gasteiger partial charge is 0.138 e. The third-order valence-corrected chi connectivity index (χ3v) is 5.18. The molecule has 4 aromatic rings. The van der Waals surface area contributed by atoms with Crippen molar-refractivity contribution in [2.24, 2.45) is 0 Å². The molecule has 5 heteroatoms. The first-order valence-electron chi connectivity index (χ1n) is 6.23. The van der Waals surface area contributed by atoms with Gasteiger partial charge >= 0.3 is 0 Å². The van der Waals surface area contributed by atoms with Crippen LogP contribution in [0.15, 0.2) is 41.1 Å². The molecule has 1 N–H and O–H groups in total. The molecule has 3 aromatic heterocycles. The maximum absolute atomic E-state index is 4.46. The Labute approximate surface area is 127 Å². The van der Waals surface area contributed by atoms with Crippen LogP contribution in [0, 0.1) is 6.92 Å². The highest BCUT2D eigenvalue weighted by Gasteiger charge is 2.15. The fourth-order valence-corrected chi connectivity index (χ4v) is 4.21. The molecule has 20 heavy (non-hydrogen) atoms. The Morgan fingerprint density at radius 3 is 2.85 bits per heavy atom. The third-order valence-electron chi connectivity index (χ3n) is 3.34. The first-order valence-corrected chi connectivity index (χ1v) is 7.84. The van der Waals surface area contributed by atoms with Gasteiger partial charge in [0.1, 0.15) is 10.3 Å². The van der Waals surface area contributed by atoms with Crippen LogP contribution in [-0.2, 0) is 0 Å². The highest BCUT2D eigenvalue weighted by atomic mass is 79.9. The van der Waals surface area contributed by atoms with E-state index in [9.17, 15) is 0 Å². The van der Waals surface area contributed by atoms with Crippen LogP contribution < -0.4 is 0 Å². The number of aromatic amines is 1. The summed E-state index contributed by atoms with van der Waals surface area (Å²) < 4.78 is 0.901. The normalized spacial score (nSPS) is 11.5. The number of nitrogens with zero attached hydrogens (tertiary/aromatic N) is 2. The first kappa shape index (κ1) is 12.1. The molecule has 98 valence electrons. The largest absolute Gasteiger partial charge is 0.339 e. The number of pyridine rings is 1. The molecular weight excluding hydrogens is 334 g/mol. The number of benzene rings is 1. The summed E-state index contributed by atoms with van der Waals surface area (Å²) in [4.78, 5) is 13.4. The van der Waals surface area contributed by atoms with E-state index in [1.165, 1.54) is 10.9 Å². The van der Waals surface area contributed by atoms with Gasteiger partial charge in [-0.1, -0.05) is 18.2 Å². The third kappa shape index (κ3) is 1.70. The molecular formula is C15H10BrN3S. The summed E-state index contributed by atoms with van der Waals surface area (Å²) >= 11 is 5.26. The lowest BCUT2D eigenvalue weighted by Crippen LogP contribution is -1.80. The molecule has 3 nitrogen and oxygen atoms in total. The van der Waals surface area contributed by atoms with E-state index < -0.39 is 0 Å². The van der Waals surface area contributed by atoms with E-state index in [2.05, 4.69) is 55.1 Å². The van der Waals surface area contributed by atoms with Crippen LogP contribution in [0.2, 0.25) is 0 Å². The van der Waals surface area contributed by atoms with Crippen molar-refractivity contribution in [1.29, 1.82) is 0 Å². The van der Waals surface area contributed by atoms with Gasteiger partial charge in [0.15, 0.2) is 0 Å². The summed E-state index contributed by atoms with van der Waals surface area (Å²) in [5, 5.41) is 3.41. The fraction of sp³-hybridized carbons (Fsp3) is 0.0667. The summed E-state index contributed by atoms with van der Waals surface area (Å²) in [6, 6.07) is 10.3. The number of aromatic nitrogens is 3. The molecule has 0 spiro atoms. The molecule has 0 aliphatic rings. The number of halogens is 1. The summed E-state index contributed by atoms with van der Waals surface area (Å²) in [5.74, 6) is 0. The minimum absolute atomic E-state index is 0.901. The van der Waals surface area contributed by atoms with Crippen molar-refractivity contribution in [1.82, 2.24) is 15.0 Å². The standard InChI is InChI=1S/C15H10BrN3S/c1-8-18-14(16)13(20-8)10-6-7-17-15-12(10)9-4-2-3-5-11(9)19-15/h2-7H,1H3,(H,17,19). The zero-order valence-electron chi connectivity index (χ0n) is 10.6. The fourth-order valence-electron chi connectivity index (χ4n) is 2.52. The van der Waals surface area contributed by atoms with E-state index in [0.29, 0.717) is 0 Å². The number of hydrogen-bond acceptors (Lipinski definition) is 3. The Bertz CT molecular complexity index is 939. The van der Waals surface area contributed by atoms with E-state index in [0.717, 1.165) is 31.0 Å². The quantitative estimate of drug-likeness (QED) is 0.533. The predicted octanol–water partition coefficient (Wildman–Crippen LogP) is 4.91. The number of para-hydroxylation sites is 1. The van der Waals surface area contributed by atoms with Gasteiger partial charge in [-0.05, 0) is 35.0 Å². The van der Waals surface area contributed by atoms with Gasteiger partial charge in [0.2, 0.25) is 0 Å². The summed E-state index contributed by atoms with van der Waals surface area (Å²) in [6.45, 7) is 2.02. The van der Waals surface area contributed by atoms with Gasteiger partial charge in [-0.15, -0.1) is 11.3 Å². The molecule has 0 atom stereocenters. The Kier molecular flexibility index (Phi) is 2.65. The van der Waals surface area contributed by atoms with Crippen molar-refractivity contribution in [3.05, 3.63) is 46.1 Å². The molecule has 0 fully saturated rings. The zero-order chi connectivity index (χ0) is 13.7. The molecule has 0 aliphatic carbocycles. The summed E-state index contributed by atoms with van der Waals surface area (Å²) in [6.07, 6.45) is 1.84. The zero-order valence-corrected chi connectivity index (χ0v) is 13.0. The van der Waals surface area contributed by atoms with Gasteiger partial charge < -0.3 is 4.98 Å². The van der Waals surface area contributed by atoms with E-state index in [-0.39, 0.29) is 0 Å². The number of nitrogens with one attached hydrogen (secondary N) is 1. The molecule has 0 unspecified atom stereocenters. The lowest BCUT2D eigenvalue weighted by Gasteiger charge is -2.01. The van der Waals surface area contributed by atoms with Gasteiger partial charge in [0.05, 0.1) is 9.88 Å². The van der Waals surface area contributed by atoms with Crippen molar-refractivity contribution >= 4 is 49.2 Å². The number of aryl methyl sites for hydroxylation is 1. The van der Waals surface area contributed by atoms with Crippen LogP contribution >= 0.6 is 27.3 Å². The average Bonchev–Trinajstić information content (AvgIpc) is 2.98. The van der Waals surface area contributed by atoms with Crippen LogP contribution in [0.5, 0.6) is 0 Å². The maximum Gasteiger partial charge on any atom is 0.138 e. The van der Waals surface area contributed by atoms with Crippen LogP contribution in [0.3, 0.4) is 0 Å². The number of rotatable bonds is 1. The highest BCUT2D eigenvalue weighted by molar-refractivity contribution is 9.10. The topological polar surface area (TPSA) is 41.6 Å². The Balaban J connectivity index is 2.16. The van der Waals surface area contributed by atoms with Gasteiger partial charge in [-0.25, -0.2) is 9.97 Å². The second kappa shape index (κ2) is 4.40. The molecule has 3 heterocycles. The molecule has 0 amide bonds. The molecule has 0 saturated carbocycles. The van der Waals surface area contributed by atoms with Crippen LogP contribution in [0.1, 0.15) is 5.01 Å². The van der Waals surface area contributed by atoms with Crippen LogP contribution in [0.4, 0.5) is 0 Å². The summed E-state index contributed by atoms with van der Waals surface area (Å²) in [5.41, 5.74) is 3.20. The predicted molar refractivity (Wildman–Crippen MR) is 87.1 cm³/mol. The molecule has 0 saturated heterocycles. The first-order chi connectivity index (χ1) is 9.74. The second-order valence-electron chi connectivity index (χ2n) is 4.61. The van der Waals surface area contributed by atoms with Crippen molar-refractivity contribution in [3.63, 3.8) is 0 Å². The molecule has 0 aliphatic heterocycles. The van der Waals surface area contributed by atoms with Gasteiger partial charge in [-0.2, -0.15) is 0 Å². The van der Waals surface area contributed by atoms with Crippen molar-refractivity contribution in [2.75, 3.05) is 0 Å². The van der Waals surface area contributed by atoms with E-state index in [1.807, 2.05) is 19.2 Å². The average molecular weight is 344 g/mol. The van der Waals surface area contributed by atoms with Gasteiger partial charge in [0.25, 0.3) is 0 Å². The monoisotopic (exact) mass is 343 g/mol. The highest BCUT2D eigenvalue weighted by Crippen LogP contribution is 2.39. The van der Waals surface area contributed by atoms with E-state index in [1.54, 1.807) is 11.3 Å². The van der Waals surface area contributed by atoms with Crippen molar-refractivity contribution in [3.8, 4) is 10.4 Å². The van der Waals surface area contributed by atoms with Crippen LogP contribution in [-0.4, -0.2) is 15.0 Å². The van der Waals surface area contributed by atoms with Gasteiger partial charge in [0, 0.05) is 28.0 Å². The summed E-state index contributed by atoms with van der Waals surface area (Å²) in [7, 11) is 0.